The summed E-state index contributed by atoms with van der Waals surface area (Å²) in [7, 11) is 0. The molecule has 1 atom stereocenters. The number of rotatable bonds is 13. The van der Waals surface area contributed by atoms with Crippen LogP contribution in [-0.2, 0) is 16.1 Å². The van der Waals surface area contributed by atoms with Crippen molar-refractivity contribution in [1.29, 1.82) is 0 Å². The zero-order valence-corrected chi connectivity index (χ0v) is 25.2. The van der Waals surface area contributed by atoms with E-state index in [1.807, 2.05) is 56.3 Å². The fourth-order valence-electron chi connectivity index (χ4n) is 4.17. The van der Waals surface area contributed by atoms with Gasteiger partial charge in [-0.3, -0.25) is 0 Å². The molecule has 2 aromatic carbocycles. The van der Waals surface area contributed by atoms with Gasteiger partial charge < -0.3 is 19.5 Å². The molecule has 0 amide bonds. The predicted octanol–water partition coefficient (Wildman–Crippen LogP) is 7.15. The van der Waals surface area contributed by atoms with Crippen molar-refractivity contribution in [3.8, 4) is 11.5 Å². The molecule has 8 nitrogen and oxygen atoms in total. The maximum Gasteiger partial charge on any atom is 0.338 e. The molecule has 1 aliphatic heterocycles. The Labute approximate surface area is 242 Å². The molecule has 0 aliphatic carbocycles. The molecular formula is C29H35BrN4O4S. The number of thioether (sulfide) groups is 1. The molecule has 1 N–H and O–H groups in total. The number of carbonyl (C=O) groups excluding carboxylic acids is 1. The number of nitrogens with one attached hydrogen (secondary N) is 1. The monoisotopic (exact) mass is 614 g/mol. The van der Waals surface area contributed by atoms with Gasteiger partial charge in [-0.15, -0.1) is 5.10 Å². The van der Waals surface area contributed by atoms with Gasteiger partial charge in [0.1, 0.15) is 12.6 Å². The maximum absolute atomic E-state index is 13.4. The van der Waals surface area contributed by atoms with Gasteiger partial charge in [-0.1, -0.05) is 66.2 Å². The highest BCUT2D eigenvalue weighted by Gasteiger charge is 2.35. The Morgan fingerprint density at radius 3 is 2.59 bits per heavy atom. The highest BCUT2D eigenvalue weighted by molar-refractivity contribution is 9.10. The number of hydrogen-bond donors (Lipinski definition) is 1. The highest BCUT2D eigenvalue weighted by atomic mass is 79.9. The molecule has 0 fully saturated rings. The summed E-state index contributed by atoms with van der Waals surface area (Å²) >= 11 is 5.06. The number of halogens is 1. The van der Waals surface area contributed by atoms with Crippen LogP contribution in [0.1, 0.15) is 64.1 Å². The van der Waals surface area contributed by atoms with Crippen LogP contribution in [0.2, 0.25) is 0 Å². The number of carbonyl (C=O) groups is 1. The van der Waals surface area contributed by atoms with Gasteiger partial charge in [0.15, 0.2) is 11.5 Å². The quantitative estimate of drug-likeness (QED) is 0.123. The van der Waals surface area contributed by atoms with E-state index in [0.717, 1.165) is 40.6 Å². The van der Waals surface area contributed by atoms with Crippen LogP contribution >= 0.6 is 27.7 Å². The lowest BCUT2D eigenvalue weighted by Gasteiger charge is -2.28. The summed E-state index contributed by atoms with van der Waals surface area (Å²) in [5.41, 5.74) is 3.07. The molecule has 2 heterocycles. The van der Waals surface area contributed by atoms with Gasteiger partial charge in [0, 0.05) is 15.9 Å². The first-order chi connectivity index (χ1) is 18.9. The first kappa shape index (κ1) is 29.0. The topological polar surface area (TPSA) is 87.5 Å². The van der Waals surface area contributed by atoms with Crippen molar-refractivity contribution in [1.82, 2.24) is 14.8 Å². The highest BCUT2D eigenvalue weighted by Crippen LogP contribution is 2.40. The van der Waals surface area contributed by atoms with Gasteiger partial charge in [0.05, 0.1) is 18.8 Å². The molecule has 3 aromatic rings. The van der Waals surface area contributed by atoms with Crippen molar-refractivity contribution in [3.05, 3.63) is 69.3 Å². The van der Waals surface area contributed by atoms with Gasteiger partial charge in [-0.2, -0.15) is 4.98 Å². The van der Waals surface area contributed by atoms with Crippen LogP contribution in [0.25, 0.3) is 0 Å². The van der Waals surface area contributed by atoms with Gasteiger partial charge in [-0.05, 0) is 62.1 Å². The molecule has 10 heteroatoms. The van der Waals surface area contributed by atoms with Gasteiger partial charge in [-0.25, -0.2) is 9.48 Å². The second kappa shape index (κ2) is 13.9. The first-order valence-corrected chi connectivity index (χ1v) is 15.1. The smallest absolute Gasteiger partial charge is 0.338 e. The molecule has 0 bridgehead atoms. The van der Waals surface area contributed by atoms with Crippen LogP contribution in [0, 0.1) is 0 Å². The Kier molecular flexibility index (Phi) is 10.3. The molecule has 1 unspecified atom stereocenters. The summed E-state index contributed by atoms with van der Waals surface area (Å²) in [5, 5.41) is 8.71. The average molecular weight is 616 g/mol. The minimum Gasteiger partial charge on any atom is -0.490 e. The fraction of sp³-hybridized carbons (Fsp3) is 0.414. The number of fused-ring (bicyclic) bond motifs is 1. The van der Waals surface area contributed by atoms with E-state index in [9.17, 15) is 4.79 Å². The Bertz CT molecular complexity index is 1310. The van der Waals surface area contributed by atoms with E-state index in [4.69, 9.17) is 19.3 Å². The molecule has 1 aromatic heterocycles. The maximum atomic E-state index is 13.4. The van der Waals surface area contributed by atoms with E-state index in [1.54, 1.807) is 16.4 Å². The number of nitrogens with zero attached hydrogens (tertiary/aromatic N) is 3. The van der Waals surface area contributed by atoms with Gasteiger partial charge in [0.25, 0.3) is 0 Å². The van der Waals surface area contributed by atoms with Crippen LogP contribution in [0.5, 0.6) is 11.5 Å². The number of allylic oxidation sites excluding steroid dienone is 1. The second-order valence-corrected chi connectivity index (χ2v) is 11.1. The standard InChI is InChI=1S/C29H35BrN4O4S/c1-5-8-15-37-27(35)25-19(4)31-28-32-29(39-16-6-2)33-34(28)26(25)21-11-14-23(24(17-21)36-7-3)38-18-20-9-12-22(30)13-10-20/h9-14,17,26H,5-8,15-16,18H2,1-4H3,(H,31,32,33). The average Bonchev–Trinajstić information content (AvgIpc) is 3.33. The van der Waals surface area contributed by atoms with E-state index in [-0.39, 0.29) is 5.97 Å². The third-order valence-corrected chi connectivity index (χ3v) is 7.68. The minimum absolute atomic E-state index is 0.365. The molecule has 0 radical (unpaired) electrons. The molecule has 4 rings (SSSR count). The van der Waals surface area contributed by atoms with Crippen molar-refractivity contribution >= 4 is 39.6 Å². The number of esters is 1. The van der Waals surface area contributed by atoms with E-state index in [0.29, 0.717) is 53.7 Å². The Morgan fingerprint density at radius 1 is 1.08 bits per heavy atom. The van der Waals surface area contributed by atoms with E-state index in [1.165, 1.54) is 0 Å². The zero-order chi connectivity index (χ0) is 27.8. The number of hydrogen-bond acceptors (Lipinski definition) is 8. The molecular weight excluding hydrogens is 580 g/mol. The number of anilines is 1. The van der Waals surface area contributed by atoms with Crippen molar-refractivity contribution < 1.29 is 19.0 Å². The number of benzene rings is 2. The van der Waals surface area contributed by atoms with Crippen LogP contribution in [0.3, 0.4) is 0 Å². The molecule has 0 spiro atoms. The molecule has 1 aliphatic rings. The molecule has 39 heavy (non-hydrogen) atoms. The fourth-order valence-corrected chi connectivity index (χ4v) is 5.12. The van der Waals surface area contributed by atoms with Gasteiger partial charge >= 0.3 is 5.97 Å². The molecule has 0 saturated heterocycles. The van der Waals surface area contributed by atoms with E-state index in [2.05, 4.69) is 40.1 Å². The van der Waals surface area contributed by atoms with Crippen LogP contribution in [0.15, 0.2) is 63.4 Å². The SMILES string of the molecule is CCCCOC(=O)C1=C(C)Nc2nc(SCCC)nn2C1c1ccc(OCc2ccc(Br)cc2)c(OCC)c1. The summed E-state index contributed by atoms with van der Waals surface area (Å²) in [6.45, 7) is 9.24. The lowest BCUT2D eigenvalue weighted by molar-refractivity contribution is -0.139. The third-order valence-electron chi connectivity index (χ3n) is 6.11. The molecule has 0 saturated carbocycles. The third kappa shape index (κ3) is 7.16. The largest absolute Gasteiger partial charge is 0.490 e. The summed E-state index contributed by atoms with van der Waals surface area (Å²) in [6.07, 6.45) is 2.76. The van der Waals surface area contributed by atoms with Gasteiger partial charge in [0.2, 0.25) is 11.1 Å². The van der Waals surface area contributed by atoms with E-state index >= 15 is 0 Å². The first-order valence-electron chi connectivity index (χ1n) is 13.3. The second-order valence-electron chi connectivity index (χ2n) is 9.12. The van der Waals surface area contributed by atoms with Crippen molar-refractivity contribution in [2.45, 2.75) is 64.8 Å². The van der Waals surface area contributed by atoms with Crippen LogP contribution in [-0.4, -0.2) is 39.7 Å². The Balaban J connectivity index is 1.70. The van der Waals surface area contributed by atoms with E-state index < -0.39 is 6.04 Å². The summed E-state index contributed by atoms with van der Waals surface area (Å²) in [5.74, 6) is 2.36. The van der Waals surface area contributed by atoms with Crippen molar-refractivity contribution in [2.75, 3.05) is 24.3 Å². The molecule has 208 valence electrons. The predicted molar refractivity (Wildman–Crippen MR) is 157 cm³/mol. The Morgan fingerprint density at radius 2 is 1.87 bits per heavy atom. The van der Waals surface area contributed by atoms with Crippen molar-refractivity contribution in [3.63, 3.8) is 0 Å². The summed E-state index contributed by atoms with van der Waals surface area (Å²) in [4.78, 5) is 18.1. The summed E-state index contributed by atoms with van der Waals surface area (Å²) in [6, 6.07) is 13.2. The Hall–Kier alpha value is -2.98. The normalized spacial score (nSPS) is 14.5. The minimum atomic E-state index is -0.529. The van der Waals surface area contributed by atoms with Crippen LogP contribution in [0.4, 0.5) is 5.95 Å². The zero-order valence-electron chi connectivity index (χ0n) is 22.8. The van der Waals surface area contributed by atoms with Crippen molar-refractivity contribution in [2.24, 2.45) is 0 Å². The number of aromatic nitrogens is 3. The van der Waals surface area contributed by atoms with Crippen LogP contribution < -0.4 is 14.8 Å². The number of unbranched alkanes of at least 4 members (excludes halogenated alkanes) is 1. The lowest BCUT2D eigenvalue weighted by Crippen LogP contribution is -2.30. The summed E-state index contributed by atoms with van der Waals surface area (Å²) < 4.78 is 20.6. The lowest BCUT2D eigenvalue weighted by atomic mass is 9.95. The number of ether oxygens (including phenoxy) is 3.